The van der Waals surface area contributed by atoms with Crippen LogP contribution < -0.4 is 5.73 Å². The second kappa shape index (κ2) is 2.87. The third-order valence-corrected chi connectivity index (χ3v) is 1.31. The molecule has 5 heteroatoms. The van der Waals surface area contributed by atoms with Crippen molar-refractivity contribution in [1.29, 1.82) is 0 Å². The molecule has 1 rings (SSSR count). The molecule has 1 atom stereocenters. The molecule has 0 fully saturated rings. The average Bonchev–Trinajstić information content (AvgIpc) is 2.09. The van der Waals surface area contributed by atoms with Gasteiger partial charge in [-0.05, 0) is 13.8 Å². The summed E-state index contributed by atoms with van der Waals surface area (Å²) in [4.78, 5) is 3.88. The monoisotopic (exact) mass is 156 g/mol. The Labute approximate surface area is 64.9 Å². The molecule has 1 aromatic rings. The number of nitrogens with two attached hydrogens (primary N) is 1. The van der Waals surface area contributed by atoms with Crippen molar-refractivity contribution in [3.8, 4) is 0 Å². The van der Waals surface area contributed by atoms with Gasteiger partial charge in [-0.3, -0.25) is 0 Å². The van der Waals surface area contributed by atoms with Crippen LogP contribution >= 0.6 is 0 Å². The van der Waals surface area contributed by atoms with Crippen molar-refractivity contribution < 1.29 is 5.11 Å². The Morgan fingerprint density at radius 1 is 1.73 bits per heavy atom. The van der Waals surface area contributed by atoms with Crippen molar-refractivity contribution in [2.75, 3.05) is 5.73 Å². The van der Waals surface area contributed by atoms with Crippen molar-refractivity contribution in [1.82, 2.24) is 14.8 Å². The van der Waals surface area contributed by atoms with Crippen LogP contribution in [0.25, 0.3) is 0 Å². The third-order valence-electron chi connectivity index (χ3n) is 1.31. The van der Waals surface area contributed by atoms with Gasteiger partial charge in [0.15, 0.2) is 0 Å². The number of aliphatic hydroxyl groups excluding tert-OH is 1. The maximum atomic E-state index is 9.01. The van der Waals surface area contributed by atoms with E-state index in [4.69, 9.17) is 10.8 Å². The van der Waals surface area contributed by atoms with E-state index in [1.54, 1.807) is 18.5 Å². The van der Waals surface area contributed by atoms with Crippen LogP contribution in [0.2, 0.25) is 0 Å². The quantitative estimate of drug-likeness (QED) is 0.608. The lowest BCUT2D eigenvalue weighted by molar-refractivity contribution is 0.167. The molecule has 0 radical (unpaired) electrons. The number of hydrogen-bond acceptors (Lipinski definition) is 4. The van der Waals surface area contributed by atoms with Gasteiger partial charge in [0, 0.05) is 0 Å². The summed E-state index contributed by atoms with van der Waals surface area (Å²) >= 11 is 0. The number of nitrogens with zero attached hydrogens (tertiary/aromatic N) is 3. The van der Waals surface area contributed by atoms with E-state index in [0.717, 1.165) is 5.82 Å². The Balaban J connectivity index is 2.77. The Morgan fingerprint density at radius 3 is 2.73 bits per heavy atom. The van der Waals surface area contributed by atoms with Crippen LogP contribution in [0.5, 0.6) is 0 Å². The molecular weight excluding hydrogens is 144 g/mol. The molecule has 3 N–H and O–H groups in total. The van der Waals surface area contributed by atoms with Gasteiger partial charge in [0.25, 0.3) is 0 Å². The van der Waals surface area contributed by atoms with Crippen molar-refractivity contribution in [2.24, 2.45) is 0 Å². The zero-order valence-corrected chi connectivity index (χ0v) is 6.65. The van der Waals surface area contributed by atoms with E-state index in [0.29, 0.717) is 6.54 Å². The van der Waals surface area contributed by atoms with Crippen molar-refractivity contribution >= 4 is 5.95 Å². The predicted molar refractivity (Wildman–Crippen MR) is 40.9 cm³/mol. The van der Waals surface area contributed by atoms with Gasteiger partial charge in [-0.25, -0.2) is 4.68 Å². The van der Waals surface area contributed by atoms with E-state index in [-0.39, 0.29) is 5.95 Å². The second-order valence-electron chi connectivity index (χ2n) is 2.55. The Bertz CT molecular complexity index is 243. The normalized spacial score (nSPS) is 13.4. The first-order chi connectivity index (χ1) is 5.09. The van der Waals surface area contributed by atoms with Crippen LogP contribution in [0.15, 0.2) is 0 Å². The Kier molecular flexibility index (Phi) is 2.09. The topological polar surface area (TPSA) is 77.0 Å². The number of aryl methyl sites for hydroxylation is 1. The minimum atomic E-state index is -0.421. The Hall–Kier alpha value is -1.10. The summed E-state index contributed by atoms with van der Waals surface area (Å²) in [6.45, 7) is 3.93. The fourth-order valence-corrected chi connectivity index (χ4v) is 0.865. The summed E-state index contributed by atoms with van der Waals surface area (Å²) in [5, 5.41) is 12.9. The molecule has 1 aromatic heterocycles. The maximum absolute atomic E-state index is 9.01. The highest BCUT2D eigenvalue weighted by molar-refractivity contribution is 5.12. The second-order valence-corrected chi connectivity index (χ2v) is 2.55. The smallest absolute Gasteiger partial charge is 0.239 e. The van der Waals surface area contributed by atoms with Gasteiger partial charge in [-0.2, -0.15) is 4.98 Å². The van der Waals surface area contributed by atoms with E-state index < -0.39 is 6.10 Å². The molecule has 0 spiro atoms. The first kappa shape index (κ1) is 8.00. The number of aliphatic hydroxyl groups is 1. The summed E-state index contributed by atoms with van der Waals surface area (Å²) in [5.74, 6) is 0.978. The van der Waals surface area contributed by atoms with Crippen LogP contribution in [0.4, 0.5) is 5.95 Å². The zero-order valence-electron chi connectivity index (χ0n) is 6.65. The molecule has 0 saturated heterocycles. The van der Waals surface area contributed by atoms with Crippen LogP contribution in [-0.4, -0.2) is 26.0 Å². The van der Waals surface area contributed by atoms with Gasteiger partial charge >= 0.3 is 0 Å². The van der Waals surface area contributed by atoms with Gasteiger partial charge in [-0.1, -0.05) is 0 Å². The largest absolute Gasteiger partial charge is 0.391 e. The molecule has 62 valence electrons. The van der Waals surface area contributed by atoms with Crippen LogP contribution in [0.3, 0.4) is 0 Å². The lowest BCUT2D eigenvalue weighted by atomic mass is 10.4. The van der Waals surface area contributed by atoms with Gasteiger partial charge < -0.3 is 10.8 Å². The van der Waals surface area contributed by atoms with Crippen LogP contribution in [0, 0.1) is 6.92 Å². The van der Waals surface area contributed by atoms with Crippen molar-refractivity contribution in [3.05, 3.63) is 5.82 Å². The molecule has 5 nitrogen and oxygen atoms in total. The summed E-state index contributed by atoms with van der Waals surface area (Å²) in [6, 6.07) is 0. The SMILES string of the molecule is Cc1nc(N)nn1CC(C)O. The molecular formula is C6H12N4O. The van der Waals surface area contributed by atoms with Crippen LogP contribution in [-0.2, 0) is 6.54 Å². The zero-order chi connectivity index (χ0) is 8.43. The van der Waals surface area contributed by atoms with E-state index in [2.05, 4.69) is 10.1 Å². The summed E-state index contributed by atoms with van der Waals surface area (Å²) in [7, 11) is 0. The molecule has 11 heavy (non-hydrogen) atoms. The summed E-state index contributed by atoms with van der Waals surface area (Å²) in [6.07, 6.45) is -0.421. The van der Waals surface area contributed by atoms with Crippen molar-refractivity contribution in [3.63, 3.8) is 0 Å². The van der Waals surface area contributed by atoms with E-state index in [1.165, 1.54) is 0 Å². The van der Waals surface area contributed by atoms with E-state index >= 15 is 0 Å². The number of nitrogen functional groups attached to an aromatic ring is 1. The fourth-order valence-electron chi connectivity index (χ4n) is 0.865. The molecule has 0 aliphatic carbocycles. The Morgan fingerprint density at radius 2 is 2.36 bits per heavy atom. The molecule has 0 aliphatic heterocycles. The number of rotatable bonds is 2. The summed E-state index contributed by atoms with van der Waals surface area (Å²) < 4.78 is 1.58. The van der Waals surface area contributed by atoms with Gasteiger partial charge in [-0.15, -0.1) is 5.10 Å². The molecule has 0 aliphatic rings. The lowest BCUT2D eigenvalue weighted by Crippen LogP contribution is -2.14. The number of aromatic nitrogens is 3. The first-order valence-corrected chi connectivity index (χ1v) is 3.44. The van der Waals surface area contributed by atoms with Gasteiger partial charge in [0.05, 0.1) is 12.6 Å². The minimum absolute atomic E-state index is 0.253. The molecule has 1 heterocycles. The average molecular weight is 156 g/mol. The third kappa shape index (κ3) is 1.91. The van der Waals surface area contributed by atoms with Gasteiger partial charge in [0.1, 0.15) is 5.82 Å². The maximum Gasteiger partial charge on any atom is 0.239 e. The molecule has 1 unspecified atom stereocenters. The van der Waals surface area contributed by atoms with E-state index in [1.807, 2.05) is 0 Å². The standard InChI is InChI=1S/C6H12N4O/c1-4(11)3-10-5(2)8-6(7)9-10/h4,11H,3H2,1-2H3,(H2,7,9). The molecule has 0 saturated carbocycles. The fraction of sp³-hybridized carbons (Fsp3) is 0.667. The molecule has 0 aromatic carbocycles. The molecule has 0 bridgehead atoms. The van der Waals surface area contributed by atoms with Gasteiger partial charge in [0.2, 0.25) is 5.95 Å². The highest BCUT2D eigenvalue weighted by atomic mass is 16.3. The lowest BCUT2D eigenvalue weighted by Gasteiger charge is -2.03. The highest BCUT2D eigenvalue weighted by Crippen LogP contribution is 1.98. The van der Waals surface area contributed by atoms with E-state index in [9.17, 15) is 0 Å². The van der Waals surface area contributed by atoms with Crippen molar-refractivity contribution in [2.45, 2.75) is 26.5 Å². The highest BCUT2D eigenvalue weighted by Gasteiger charge is 2.04. The minimum Gasteiger partial charge on any atom is -0.391 e. The number of hydrogen-bond donors (Lipinski definition) is 2. The predicted octanol–water partition coefficient (Wildman–Crippen LogP) is -0.450. The summed E-state index contributed by atoms with van der Waals surface area (Å²) in [5.41, 5.74) is 5.33. The molecule has 0 amide bonds. The number of anilines is 1. The first-order valence-electron chi connectivity index (χ1n) is 3.44. The van der Waals surface area contributed by atoms with Crippen LogP contribution in [0.1, 0.15) is 12.7 Å².